The largest absolute Gasteiger partial charge is 0.573 e. The summed E-state index contributed by atoms with van der Waals surface area (Å²) in [6, 6.07) is 6.19. The predicted molar refractivity (Wildman–Crippen MR) is 103 cm³/mol. The molecular weight excluding hydrogens is 417 g/mol. The lowest BCUT2D eigenvalue weighted by Crippen LogP contribution is -2.33. The summed E-state index contributed by atoms with van der Waals surface area (Å²) in [6.07, 6.45) is -3.40. The maximum atomic E-state index is 12.9. The van der Waals surface area contributed by atoms with E-state index in [1.807, 2.05) is 0 Å². The smallest absolute Gasteiger partial charge is 0.406 e. The molecular formula is C20H19F3N4O4. The zero-order valence-corrected chi connectivity index (χ0v) is 16.9. The molecule has 1 aliphatic heterocycles. The van der Waals surface area contributed by atoms with Gasteiger partial charge < -0.3 is 14.5 Å². The van der Waals surface area contributed by atoms with E-state index >= 15 is 0 Å². The van der Waals surface area contributed by atoms with Crippen molar-refractivity contribution >= 4 is 23.5 Å². The van der Waals surface area contributed by atoms with E-state index in [0.717, 1.165) is 17.0 Å². The number of rotatable bonds is 5. The van der Waals surface area contributed by atoms with Crippen LogP contribution in [-0.4, -0.2) is 59.1 Å². The monoisotopic (exact) mass is 436 g/mol. The molecule has 0 aliphatic carbocycles. The summed E-state index contributed by atoms with van der Waals surface area (Å²) in [5.74, 6) is -1.29. The average Bonchev–Trinajstić information content (AvgIpc) is 2.90. The van der Waals surface area contributed by atoms with Gasteiger partial charge in [-0.2, -0.15) is 0 Å². The molecule has 0 bridgehead atoms. The van der Waals surface area contributed by atoms with Gasteiger partial charge in [0.15, 0.2) is 0 Å². The molecule has 1 unspecified atom stereocenters. The van der Waals surface area contributed by atoms with Gasteiger partial charge in [-0.25, -0.2) is 9.69 Å². The second kappa shape index (κ2) is 8.25. The highest BCUT2D eigenvalue weighted by Gasteiger charge is 2.43. The first-order valence-corrected chi connectivity index (χ1v) is 9.15. The van der Waals surface area contributed by atoms with Gasteiger partial charge in [0.05, 0.1) is 5.69 Å². The minimum absolute atomic E-state index is 0.0493. The van der Waals surface area contributed by atoms with Crippen molar-refractivity contribution in [1.29, 1.82) is 0 Å². The Morgan fingerprint density at radius 2 is 1.81 bits per heavy atom. The molecule has 11 heteroatoms. The van der Waals surface area contributed by atoms with Crippen molar-refractivity contribution in [3.63, 3.8) is 0 Å². The number of imide groups is 1. The molecule has 1 saturated heterocycles. The first kappa shape index (κ1) is 22.1. The summed E-state index contributed by atoms with van der Waals surface area (Å²) < 4.78 is 40.8. The lowest BCUT2D eigenvalue weighted by molar-refractivity contribution is -0.274. The maximum absolute atomic E-state index is 12.9. The van der Waals surface area contributed by atoms with Crippen LogP contribution in [0.25, 0.3) is 0 Å². The topological polar surface area (TPSA) is 83.0 Å². The number of halogens is 3. The summed E-state index contributed by atoms with van der Waals surface area (Å²) in [4.78, 5) is 45.3. The first-order valence-electron chi connectivity index (χ1n) is 9.15. The summed E-state index contributed by atoms with van der Waals surface area (Å²) in [5.41, 5.74) is 0.922. The number of anilines is 1. The van der Waals surface area contributed by atoms with E-state index in [4.69, 9.17) is 0 Å². The minimum Gasteiger partial charge on any atom is -0.406 e. The third kappa shape index (κ3) is 4.76. The van der Waals surface area contributed by atoms with E-state index in [1.54, 1.807) is 33.2 Å². The predicted octanol–water partition coefficient (Wildman–Crippen LogP) is 3.04. The van der Waals surface area contributed by atoms with Crippen LogP contribution in [-0.2, 0) is 11.3 Å². The fourth-order valence-electron chi connectivity index (χ4n) is 3.06. The third-order valence-corrected chi connectivity index (χ3v) is 4.61. The highest BCUT2D eigenvalue weighted by molar-refractivity contribution is 6.21. The van der Waals surface area contributed by atoms with Crippen LogP contribution in [0.4, 0.5) is 23.7 Å². The summed E-state index contributed by atoms with van der Waals surface area (Å²) >= 11 is 0. The summed E-state index contributed by atoms with van der Waals surface area (Å²) in [6.45, 7) is 1.60. The molecule has 0 radical (unpaired) electrons. The van der Waals surface area contributed by atoms with Crippen molar-refractivity contribution in [3.05, 3.63) is 53.9 Å². The van der Waals surface area contributed by atoms with Crippen LogP contribution in [0.15, 0.2) is 42.6 Å². The fourth-order valence-corrected chi connectivity index (χ4v) is 3.06. The number of aromatic nitrogens is 1. The number of hydrogen-bond acceptors (Lipinski definition) is 5. The highest BCUT2D eigenvalue weighted by Crippen LogP contribution is 2.30. The van der Waals surface area contributed by atoms with Crippen molar-refractivity contribution in [2.45, 2.75) is 25.9 Å². The highest BCUT2D eigenvalue weighted by atomic mass is 19.4. The van der Waals surface area contributed by atoms with E-state index in [-0.39, 0.29) is 23.8 Å². The SMILES string of the molecule is CC1C(=O)N(c2ccc(OC(F)(F)F)cc2)C(=O)N1Cc1ccnc(C(=O)N(C)C)c1. The maximum Gasteiger partial charge on any atom is 0.573 e. The molecule has 31 heavy (non-hydrogen) atoms. The van der Waals surface area contributed by atoms with Crippen LogP contribution in [0.1, 0.15) is 23.0 Å². The van der Waals surface area contributed by atoms with Crippen LogP contribution in [0.3, 0.4) is 0 Å². The van der Waals surface area contributed by atoms with E-state index in [9.17, 15) is 27.6 Å². The number of pyridine rings is 1. The van der Waals surface area contributed by atoms with E-state index < -0.39 is 30.1 Å². The molecule has 1 atom stereocenters. The Bertz CT molecular complexity index is 1010. The van der Waals surface area contributed by atoms with Crippen molar-refractivity contribution in [2.75, 3.05) is 19.0 Å². The summed E-state index contributed by atoms with van der Waals surface area (Å²) in [7, 11) is 3.18. The summed E-state index contributed by atoms with van der Waals surface area (Å²) in [5, 5.41) is 0. The van der Waals surface area contributed by atoms with Crippen molar-refractivity contribution in [3.8, 4) is 5.75 Å². The van der Waals surface area contributed by atoms with Crippen LogP contribution in [0, 0.1) is 0 Å². The van der Waals surface area contributed by atoms with Crippen molar-refractivity contribution in [2.24, 2.45) is 0 Å². The zero-order valence-electron chi connectivity index (χ0n) is 16.9. The molecule has 1 fully saturated rings. The van der Waals surface area contributed by atoms with Gasteiger partial charge in [-0.05, 0) is 48.9 Å². The van der Waals surface area contributed by atoms with Crippen molar-refractivity contribution < 1.29 is 32.3 Å². The number of carbonyl (C=O) groups excluding carboxylic acids is 3. The zero-order chi connectivity index (χ0) is 22.9. The molecule has 2 heterocycles. The van der Waals surface area contributed by atoms with Crippen LogP contribution < -0.4 is 9.64 Å². The Morgan fingerprint density at radius 1 is 1.16 bits per heavy atom. The van der Waals surface area contributed by atoms with Gasteiger partial charge in [0.1, 0.15) is 17.5 Å². The minimum atomic E-state index is -4.84. The molecule has 164 valence electrons. The Hall–Kier alpha value is -3.63. The van der Waals surface area contributed by atoms with Crippen LogP contribution in [0.2, 0.25) is 0 Å². The Kier molecular flexibility index (Phi) is 5.87. The van der Waals surface area contributed by atoms with Gasteiger partial charge in [-0.3, -0.25) is 14.6 Å². The van der Waals surface area contributed by atoms with Gasteiger partial charge in [0.2, 0.25) is 0 Å². The Morgan fingerprint density at radius 3 is 2.39 bits per heavy atom. The number of amides is 4. The second-order valence-corrected chi connectivity index (χ2v) is 7.05. The molecule has 2 aromatic rings. The molecule has 1 aromatic carbocycles. The number of alkyl halides is 3. The Labute approximate surface area is 175 Å². The number of urea groups is 1. The van der Waals surface area contributed by atoms with Gasteiger partial charge in [-0.15, -0.1) is 13.2 Å². The molecule has 1 aromatic heterocycles. The molecule has 0 spiro atoms. The first-order chi connectivity index (χ1) is 14.5. The number of ether oxygens (including phenoxy) is 1. The molecule has 4 amide bonds. The number of nitrogens with zero attached hydrogens (tertiary/aromatic N) is 4. The quantitative estimate of drug-likeness (QED) is 0.673. The molecule has 8 nitrogen and oxygen atoms in total. The van der Waals surface area contributed by atoms with Gasteiger partial charge in [-0.1, -0.05) is 0 Å². The van der Waals surface area contributed by atoms with Gasteiger partial charge in [0, 0.05) is 26.8 Å². The van der Waals surface area contributed by atoms with Gasteiger partial charge in [0.25, 0.3) is 11.8 Å². The fraction of sp³-hybridized carbons (Fsp3) is 0.300. The van der Waals surface area contributed by atoms with Gasteiger partial charge >= 0.3 is 12.4 Å². The standard InChI is InChI=1S/C20H19F3N4O4/c1-12-17(28)27(14-4-6-15(7-5-14)31-20(21,22)23)19(30)26(12)11-13-8-9-24-16(10-13)18(29)25(2)3/h4-10,12H,11H2,1-3H3. The van der Waals surface area contributed by atoms with Crippen LogP contribution >= 0.6 is 0 Å². The van der Waals surface area contributed by atoms with Crippen molar-refractivity contribution in [1.82, 2.24) is 14.8 Å². The normalized spacial score (nSPS) is 16.6. The third-order valence-electron chi connectivity index (χ3n) is 4.61. The van der Waals surface area contributed by atoms with E-state index in [1.165, 1.54) is 28.1 Å². The lowest BCUT2D eigenvalue weighted by atomic mass is 10.2. The molecule has 0 N–H and O–H groups in total. The van der Waals surface area contributed by atoms with Crippen LogP contribution in [0.5, 0.6) is 5.75 Å². The molecule has 3 rings (SSSR count). The van der Waals surface area contributed by atoms with E-state index in [0.29, 0.717) is 5.56 Å². The molecule has 0 saturated carbocycles. The number of hydrogen-bond donors (Lipinski definition) is 0. The average molecular weight is 436 g/mol. The lowest BCUT2D eigenvalue weighted by Gasteiger charge is -2.20. The number of carbonyl (C=O) groups is 3. The molecule has 1 aliphatic rings. The van der Waals surface area contributed by atoms with E-state index in [2.05, 4.69) is 9.72 Å². The second-order valence-electron chi connectivity index (χ2n) is 7.05. The Balaban J connectivity index is 1.80. The number of benzene rings is 1.